The first-order chi connectivity index (χ1) is 14.1. The Morgan fingerprint density at radius 1 is 1.03 bits per heavy atom. The van der Waals surface area contributed by atoms with E-state index in [9.17, 15) is 9.18 Å². The number of hydrogen-bond acceptors (Lipinski definition) is 5. The molecule has 29 heavy (non-hydrogen) atoms. The predicted octanol–water partition coefficient (Wildman–Crippen LogP) is 4.82. The van der Waals surface area contributed by atoms with Crippen molar-refractivity contribution in [3.05, 3.63) is 84.4 Å². The molecule has 7 heteroatoms. The lowest BCUT2D eigenvalue weighted by Gasteiger charge is -2.09. The van der Waals surface area contributed by atoms with Gasteiger partial charge in [0.15, 0.2) is 0 Å². The Morgan fingerprint density at radius 3 is 2.55 bits per heavy atom. The number of pyridine rings is 2. The molecule has 2 aromatic carbocycles. The highest BCUT2D eigenvalue weighted by atomic mass is 19.1. The maximum absolute atomic E-state index is 12.9. The molecule has 0 unspecified atom stereocenters. The van der Waals surface area contributed by atoms with Crippen molar-refractivity contribution in [2.45, 2.75) is 0 Å². The van der Waals surface area contributed by atoms with Crippen LogP contribution >= 0.6 is 0 Å². The molecule has 0 bridgehead atoms. The molecular formula is C22H16FN3O3. The van der Waals surface area contributed by atoms with Gasteiger partial charge in [0.2, 0.25) is 11.8 Å². The Morgan fingerprint density at radius 2 is 1.83 bits per heavy atom. The van der Waals surface area contributed by atoms with Crippen molar-refractivity contribution in [2.24, 2.45) is 0 Å². The standard InChI is InChI=1S/C22H16FN3O3/c1-28-22-18-5-3-2-4-14(18)12-19(26-22)21(27)25-16-8-11-20(24-13-16)29-17-9-6-15(23)7-10-17/h2-13H,1H3,(H,25,27). The van der Waals surface area contributed by atoms with Crippen molar-refractivity contribution in [1.29, 1.82) is 0 Å². The van der Waals surface area contributed by atoms with Crippen molar-refractivity contribution >= 4 is 22.4 Å². The Hall–Kier alpha value is -4.00. The first-order valence-electron chi connectivity index (χ1n) is 8.77. The van der Waals surface area contributed by atoms with Crippen LogP contribution in [-0.2, 0) is 0 Å². The second-order valence-electron chi connectivity index (χ2n) is 6.13. The number of rotatable bonds is 5. The van der Waals surface area contributed by atoms with Gasteiger partial charge in [-0.15, -0.1) is 0 Å². The molecule has 4 aromatic rings. The van der Waals surface area contributed by atoms with Crippen LogP contribution in [0.1, 0.15) is 10.5 Å². The zero-order chi connectivity index (χ0) is 20.2. The molecule has 1 N–H and O–H groups in total. The number of benzene rings is 2. The van der Waals surface area contributed by atoms with E-state index in [2.05, 4.69) is 15.3 Å². The number of amides is 1. The van der Waals surface area contributed by atoms with Crippen LogP contribution in [0.25, 0.3) is 10.8 Å². The number of nitrogens with one attached hydrogen (secondary N) is 1. The molecule has 0 fully saturated rings. The summed E-state index contributed by atoms with van der Waals surface area (Å²) < 4.78 is 23.8. The van der Waals surface area contributed by atoms with Crippen molar-refractivity contribution < 1.29 is 18.7 Å². The number of anilines is 1. The van der Waals surface area contributed by atoms with Gasteiger partial charge in [-0.25, -0.2) is 14.4 Å². The smallest absolute Gasteiger partial charge is 0.274 e. The third-order valence-electron chi connectivity index (χ3n) is 4.16. The van der Waals surface area contributed by atoms with Crippen molar-refractivity contribution in [3.63, 3.8) is 0 Å². The summed E-state index contributed by atoms with van der Waals surface area (Å²) in [6, 6.07) is 18.1. The monoisotopic (exact) mass is 389 g/mol. The van der Waals surface area contributed by atoms with Crippen LogP contribution in [0.3, 0.4) is 0 Å². The van der Waals surface area contributed by atoms with Gasteiger partial charge in [0.1, 0.15) is 17.3 Å². The second kappa shape index (κ2) is 7.93. The number of aromatic nitrogens is 2. The summed E-state index contributed by atoms with van der Waals surface area (Å²) in [5.74, 6) is 0.433. The van der Waals surface area contributed by atoms with E-state index in [1.165, 1.54) is 37.6 Å². The average molecular weight is 389 g/mol. The van der Waals surface area contributed by atoms with Gasteiger partial charge in [-0.1, -0.05) is 18.2 Å². The molecule has 2 heterocycles. The normalized spacial score (nSPS) is 10.6. The fourth-order valence-corrected chi connectivity index (χ4v) is 2.77. The van der Waals surface area contributed by atoms with E-state index < -0.39 is 0 Å². The van der Waals surface area contributed by atoms with Gasteiger partial charge in [0, 0.05) is 11.5 Å². The molecule has 0 spiro atoms. The van der Waals surface area contributed by atoms with Crippen LogP contribution in [0.2, 0.25) is 0 Å². The van der Waals surface area contributed by atoms with Gasteiger partial charge in [0.25, 0.3) is 5.91 Å². The number of carbonyl (C=O) groups is 1. The fourth-order valence-electron chi connectivity index (χ4n) is 2.77. The number of halogens is 1. The average Bonchev–Trinajstić information content (AvgIpc) is 2.76. The Bertz CT molecular complexity index is 1160. The molecule has 2 aromatic heterocycles. The third-order valence-corrected chi connectivity index (χ3v) is 4.16. The first kappa shape index (κ1) is 18.4. The SMILES string of the molecule is COc1nc(C(=O)Nc2ccc(Oc3ccc(F)cc3)nc2)cc2ccccc12. The highest BCUT2D eigenvalue weighted by Crippen LogP contribution is 2.25. The van der Waals surface area contributed by atoms with Crippen LogP contribution in [0, 0.1) is 5.82 Å². The maximum Gasteiger partial charge on any atom is 0.274 e. The highest BCUT2D eigenvalue weighted by molar-refractivity contribution is 6.05. The minimum Gasteiger partial charge on any atom is -0.481 e. The molecule has 0 aliphatic heterocycles. The lowest BCUT2D eigenvalue weighted by molar-refractivity contribution is 0.102. The molecule has 6 nitrogen and oxygen atoms in total. The van der Waals surface area contributed by atoms with Crippen LogP contribution in [0.5, 0.6) is 17.5 Å². The number of carbonyl (C=O) groups excluding carboxylic acids is 1. The largest absolute Gasteiger partial charge is 0.481 e. The van der Waals surface area contributed by atoms with Gasteiger partial charge < -0.3 is 14.8 Å². The Balaban J connectivity index is 1.49. The Labute approximate surface area is 166 Å². The van der Waals surface area contributed by atoms with Gasteiger partial charge >= 0.3 is 0 Å². The molecule has 4 rings (SSSR count). The van der Waals surface area contributed by atoms with E-state index in [0.717, 1.165) is 10.8 Å². The van der Waals surface area contributed by atoms with Gasteiger partial charge in [0.05, 0.1) is 19.0 Å². The zero-order valence-corrected chi connectivity index (χ0v) is 15.4. The summed E-state index contributed by atoms with van der Waals surface area (Å²) in [4.78, 5) is 21.0. The summed E-state index contributed by atoms with van der Waals surface area (Å²) in [5.41, 5.74) is 0.711. The highest BCUT2D eigenvalue weighted by Gasteiger charge is 2.13. The van der Waals surface area contributed by atoms with Crippen LogP contribution in [0.15, 0.2) is 72.9 Å². The van der Waals surface area contributed by atoms with Crippen molar-refractivity contribution in [1.82, 2.24) is 9.97 Å². The first-order valence-corrected chi connectivity index (χ1v) is 8.77. The van der Waals surface area contributed by atoms with E-state index in [-0.39, 0.29) is 17.4 Å². The van der Waals surface area contributed by atoms with E-state index in [1.807, 2.05) is 24.3 Å². The lowest BCUT2D eigenvalue weighted by Crippen LogP contribution is -2.14. The van der Waals surface area contributed by atoms with Gasteiger partial charge in [-0.3, -0.25) is 4.79 Å². The van der Waals surface area contributed by atoms with E-state index >= 15 is 0 Å². The summed E-state index contributed by atoms with van der Waals surface area (Å²) in [6.07, 6.45) is 1.47. The number of ether oxygens (including phenoxy) is 2. The minimum atomic E-state index is -0.386. The molecular weight excluding hydrogens is 373 g/mol. The molecule has 144 valence electrons. The van der Waals surface area contributed by atoms with Crippen molar-refractivity contribution in [2.75, 3.05) is 12.4 Å². The summed E-state index contributed by atoms with van der Waals surface area (Å²) in [6.45, 7) is 0. The van der Waals surface area contributed by atoms with Gasteiger partial charge in [-0.2, -0.15) is 0 Å². The van der Waals surface area contributed by atoms with Crippen LogP contribution in [-0.4, -0.2) is 23.0 Å². The van der Waals surface area contributed by atoms with E-state index in [0.29, 0.717) is 23.2 Å². The predicted molar refractivity (Wildman–Crippen MR) is 107 cm³/mol. The quantitative estimate of drug-likeness (QED) is 0.530. The van der Waals surface area contributed by atoms with E-state index in [4.69, 9.17) is 9.47 Å². The fraction of sp³-hybridized carbons (Fsp3) is 0.0455. The third kappa shape index (κ3) is 4.14. The van der Waals surface area contributed by atoms with Crippen LogP contribution in [0.4, 0.5) is 10.1 Å². The van der Waals surface area contributed by atoms with Crippen molar-refractivity contribution in [3.8, 4) is 17.5 Å². The zero-order valence-electron chi connectivity index (χ0n) is 15.4. The number of methoxy groups -OCH3 is 1. The van der Waals surface area contributed by atoms with E-state index in [1.54, 1.807) is 18.2 Å². The molecule has 0 atom stereocenters. The maximum atomic E-state index is 12.9. The lowest BCUT2D eigenvalue weighted by atomic mass is 10.1. The summed E-state index contributed by atoms with van der Waals surface area (Å²) >= 11 is 0. The van der Waals surface area contributed by atoms with Gasteiger partial charge in [-0.05, 0) is 47.9 Å². The molecule has 0 radical (unpaired) electrons. The second-order valence-corrected chi connectivity index (χ2v) is 6.13. The number of hydrogen-bond donors (Lipinski definition) is 1. The topological polar surface area (TPSA) is 73.3 Å². The number of nitrogens with zero attached hydrogens (tertiary/aromatic N) is 2. The summed E-state index contributed by atoms with van der Waals surface area (Å²) in [7, 11) is 1.51. The molecule has 0 saturated carbocycles. The minimum absolute atomic E-state index is 0.229. The molecule has 0 aliphatic carbocycles. The molecule has 0 aliphatic rings. The summed E-state index contributed by atoms with van der Waals surface area (Å²) in [5, 5.41) is 4.43. The molecule has 1 amide bonds. The Kier molecular flexibility index (Phi) is 5.03. The number of fused-ring (bicyclic) bond motifs is 1. The van der Waals surface area contributed by atoms with Crippen LogP contribution < -0.4 is 14.8 Å². The molecule has 0 saturated heterocycles.